The summed E-state index contributed by atoms with van der Waals surface area (Å²) in [5.41, 5.74) is 15.3. The van der Waals surface area contributed by atoms with Crippen molar-refractivity contribution in [3.8, 4) is 39.1 Å². The molecular weight excluding hydrogens is 847 g/mol. The summed E-state index contributed by atoms with van der Waals surface area (Å²) in [6.45, 7) is 4.47. The molecule has 0 radical (unpaired) electrons. The van der Waals surface area contributed by atoms with E-state index >= 15 is 0 Å². The molecule has 3 heteroatoms. The average molecular weight is 900 g/mol. The Morgan fingerprint density at radius 1 is 0.343 bits per heavy atom. The molecule has 12 aromatic rings. The predicted octanol–water partition coefficient (Wildman–Crippen LogP) is 18.5. The minimum Gasteiger partial charge on any atom is -0.310 e. The van der Waals surface area contributed by atoms with Gasteiger partial charge in [0.25, 0.3) is 0 Å². The first-order valence-corrected chi connectivity index (χ1v) is 23.9. The fourth-order valence-electron chi connectivity index (χ4n) is 11.0. The van der Waals surface area contributed by atoms with Gasteiger partial charge >= 0.3 is 0 Å². The lowest BCUT2D eigenvalue weighted by atomic mass is 9.82. The number of benzene rings is 11. The molecule has 1 aliphatic carbocycles. The number of hydrogen-bond donors (Lipinski definition) is 0. The molecule has 0 atom stereocenters. The van der Waals surface area contributed by atoms with Gasteiger partial charge in [0.2, 0.25) is 0 Å². The van der Waals surface area contributed by atoms with Crippen LogP contribution in [-0.4, -0.2) is 4.57 Å². The number of aromatic nitrogens is 1. The Bertz CT molecular complexity index is 4140. The van der Waals surface area contributed by atoms with E-state index in [4.69, 9.17) is 0 Å². The van der Waals surface area contributed by atoms with Crippen molar-refractivity contribution in [1.29, 1.82) is 0 Å². The minimum atomic E-state index is -0.287. The van der Waals surface area contributed by atoms with Gasteiger partial charge in [-0.25, -0.2) is 0 Å². The molecule has 0 N–H and O–H groups in total. The van der Waals surface area contributed by atoms with E-state index in [1.807, 2.05) is 77.7 Å². The lowest BCUT2D eigenvalue weighted by Gasteiger charge is -2.29. The van der Waals surface area contributed by atoms with E-state index in [1.165, 1.54) is 16.5 Å². The highest BCUT2D eigenvalue weighted by Gasteiger charge is 2.36. The Hall–Kier alpha value is -8.92. The van der Waals surface area contributed by atoms with Gasteiger partial charge in [0.15, 0.2) is 0 Å². The molecule has 0 unspecified atom stereocenters. The lowest BCUT2D eigenvalue weighted by Crippen LogP contribution is -2.16. The van der Waals surface area contributed by atoms with Crippen molar-refractivity contribution in [2.45, 2.75) is 19.3 Å². The molecule has 70 heavy (non-hydrogen) atoms. The average Bonchev–Trinajstić information content (AvgIpc) is 3.90. The fraction of sp³-hybridized carbons (Fsp3) is 0.0448. The number of fused-ring (bicyclic) bond motifs is 7. The summed E-state index contributed by atoms with van der Waals surface area (Å²) in [6, 6.07) is 81.1. The van der Waals surface area contributed by atoms with E-state index in [9.17, 15) is 5.48 Å². The molecule has 3 nitrogen and oxygen atoms in total. The second-order valence-corrected chi connectivity index (χ2v) is 18.6. The van der Waals surface area contributed by atoms with Crippen molar-refractivity contribution in [2.24, 2.45) is 0 Å². The van der Waals surface area contributed by atoms with Crippen LogP contribution in [0.25, 0.3) is 71.6 Å². The zero-order valence-corrected chi connectivity index (χ0v) is 38.9. The maximum atomic E-state index is 9.89. The molecule has 13 rings (SSSR count). The van der Waals surface area contributed by atoms with Gasteiger partial charge in [-0.3, -0.25) is 0 Å². The van der Waals surface area contributed by atoms with Crippen molar-refractivity contribution < 1.29 is 5.48 Å². The van der Waals surface area contributed by atoms with Crippen LogP contribution < -0.4 is 9.80 Å². The molecule has 1 heterocycles. The van der Waals surface area contributed by atoms with Crippen molar-refractivity contribution in [1.82, 2.24) is 4.57 Å². The van der Waals surface area contributed by atoms with E-state index in [1.54, 1.807) is 0 Å². The van der Waals surface area contributed by atoms with Gasteiger partial charge in [-0.05, 0) is 123 Å². The van der Waals surface area contributed by atoms with Crippen LogP contribution in [0.5, 0.6) is 0 Å². The summed E-state index contributed by atoms with van der Waals surface area (Å²) >= 11 is 0. The van der Waals surface area contributed by atoms with Crippen LogP contribution in [0.2, 0.25) is 0 Å². The Kier molecular flexibility index (Phi) is 8.85. The normalized spacial score (nSPS) is 13.3. The number of para-hydroxylation sites is 4. The molecule has 11 aromatic carbocycles. The quantitative estimate of drug-likeness (QED) is 0.143. The summed E-state index contributed by atoms with van der Waals surface area (Å²) in [5.74, 6) is 0. The first-order valence-electron chi connectivity index (χ1n) is 25.9. The second-order valence-electron chi connectivity index (χ2n) is 18.6. The van der Waals surface area contributed by atoms with Crippen molar-refractivity contribution in [2.75, 3.05) is 9.80 Å². The third kappa shape index (κ3) is 6.73. The molecule has 0 amide bonds. The van der Waals surface area contributed by atoms with Crippen LogP contribution in [0.15, 0.2) is 261 Å². The van der Waals surface area contributed by atoms with Gasteiger partial charge in [-0.1, -0.05) is 196 Å². The maximum Gasteiger partial charge on any atom is 0.0645 e. The smallest absolute Gasteiger partial charge is 0.0645 e. The molecule has 1 aromatic heterocycles. The highest BCUT2D eigenvalue weighted by Crippen LogP contribution is 2.51. The largest absolute Gasteiger partial charge is 0.310 e. The maximum absolute atomic E-state index is 9.89. The molecule has 0 spiro atoms. The van der Waals surface area contributed by atoms with Crippen LogP contribution >= 0.6 is 0 Å². The molecule has 1 aliphatic rings. The van der Waals surface area contributed by atoms with E-state index in [-0.39, 0.29) is 40.8 Å². The summed E-state index contributed by atoms with van der Waals surface area (Å²) < 4.78 is 41.9. The molecule has 0 aliphatic heterocycles. The first-order chi connectivity index (χ1) is 36.2. The summed E-state index contributed by atoms with van der Waals surface area (Å²) in [5, 5.41) is 4.02. The van der Waals surface area contributed by atoms with Crippen molar-refractivity contribution >= 4 is 66.7 Å². The Labute approximate surface area is 415 Å². The summed E-state index contributed by atoms with van der Waals surface area (Å²) in [6.07, 6.45) is 0. The van der Waals surface area contributed by atoms with Crippen LogP contribution in [0, 0.1) is 0 Å². The molecule has 0 bridgehead atoms. The minimum absolute atomic E-state index is 0.112. The van der Waals surface area contributed by atoms with E-state index in [2.05, 4.69) is 187 Å². The number of hydrogen-bond acceptors (Lipinski definition) is 2. The molecule has 0 fully saturated rings. The standard InChI is InChI=1S/C67H49N3/c1-67(2)61-32-15-12-27-56(61)57-42-40-51(44-62(57)67)68(48-22-8-4-9-23-48)50-38-36-47(37-39-50)53-29-18-31-58-55(53)30-19-35-65(58)70(63-33-16-13-26-54(63)46-20-6-3-7-21-46)52-41-43-60-59-28-14-17-34-64(59)69(66(60)45-52)49-24-10-5-11-25-49/h3-45H,1-2H3/i36D,37D,38D,39D. The number of rotatable bonds is 9. The van der Waals surface area contributed by atoms with Crippen LogP contribution in [0.3, 0.4) is 0 Å². The second kappa shape index (κ2) is 16.7. The zero-order valence-electron chi connectivity index (χ0n) is 42.9. The van der Waals surface area contributed by atoms with Gasteiger partial charge in [-0.2, -0.15) is 0 Å². The Balaban J connectivity index is 1.01. The monoisotopic (exact) mass is 899 g/mol. The molecule has 0 saturated carbocycles. The van der Waals surface area contributed by atoms with Crippen LogP contribution in [0.4, 0.5) is 34.1 Å². The molecular formula is C67H49N3. The van der Waals surface area contributed by atoms with E-state index in [0.717, 1.165) is 83.6 Å². The van der Waals surface area contributed by atoms with Gasteiger partial charge in [0, 0.05) is 55.6 Å². The first kappa shape index (κ1) is 37.1. The molecule has 0 saturated heterocycles. The number of anilines is 6. The summed E-state index contributed by atoms with van der Waals surface area (Å²) in [4.78, 5) is 4.22. The van der Waals surface area contributed by atoms with Crippen LogP contribution in [0.1, 0.15) is 30.5 Å². The highest BCUT2D eigenvalue weighted by atomic mass is 15.2. The van der Waals surface area contributed by atoms with Crippen LogP contribution in [-0.2, 0) is 5.41 Å². The van der Waals surface area contributed by atoms with E-state index in [0.29, 0.717) is 5.56 Å². The number of nitrogens with zero attached hydrogens (tertiary/aromatic N) is 3. The Morgan fingerprint density at radius 3 is 1.73 bits per heavy atom. The van der Waals surface area contributed by atoms with Gasteiger partial charge in [0.1, 0.15) is 0 Å². The third-order valence-electron chi connectivity index (χ3n) is 14.2. The van der Waals surface area contributed by atoms with E-state index < -0.39 is 0 Å². The van der Waals surface area contributed by atoms with Gasteiger partial charge in [0.05, 0.1) is 27.9 Å². The fourth-order valence-corrected chi connectivity index (χ4v) is 11.0. The Morgan fingerprint density at radius 2 is 0.914 bits per heavy atom. The van der Waals surface area contributed by atoms with Gasteiger partial charge < -0.3 is 14.4 Å². The van der Waals surface area contributed by atoms with Crippen molar-refractivity contribution in [3.05, 3.63) is 272 Å². The summed E-state index contributed by atoms with van der Waals surface area (Å²) in [7, 11) is 0. The topological polar surface area (TPSA) is 11.4 Å². The predicted molar refractivity (Wildman–Crippen MR) is 296 cm³/mol. The van der Waals surface area contributed by atoms with Gasteiger partial charge in [-0.15, -0.1) is 0 Å². The zero-order chi connectivity index (χ0) is 50.2. The third-order valence-corrected chi connectivity index (χ3v) is 14.2. The highest BCUT2D eigenvalue weighted by molar-refractivity contribution is 6.12. The molecule has 332 valence electrons. The lowest BCUT2D eigenvalue weighted by molar-refractivity contribution is 0.660. The SMILES string of the molecule is [2H]c1c([2H])c(N(c2ccccc2)c2ccc3c(c2)C(C)(C)c2ccccc2-3)c([2H])c([2H])c1-c1cccc2c(N(c3ccc4c5ccccc5n(-c5ccccc5)c4c3)c3ccccc3-c3ccccc3)cccc12. The van der Waals surface area contributed by atoms with Crippen molar-refractivity contribution in [3.63, 3.8) is 0 Å².